The number of carbonyl (C=O) groups excluding carboxylic acids is 15. The van der Waals surface area contributed by atoms with Gasteiger partial charge in [0.1, 0.15) is 84.3 Å². The Bertz CT molecular complexity index is 3270. The Balaban J connectivity index is 2.50. The minimum atomic E-state index is -2.15. The van der Waals surface area contributed by atoms with Crippen molar-refractivity contribution in [3.05, 3.63) is 29.8 Å². The summed E-state index contributed by atoms with van der Waals surface area (Å²) >= 11 is 7.82. The molecule has 1 fully saturated rings. The SMILES string of the molecule is CC(C)C[C@H](NC(=O)[C@H](Cc1ccc(O)cc1)NC(=O)[C@H](CCCCN)NC(=O)[C@H](CC(N)=O)NC(=O)[C@H](CC(=O)O)NC(=O)[C@H](C)NC(=O)[C@H](CC(N)=O)NC(=O)[C@H](CO)NC(=O)[C@@H](NC(=O)[C@@H](N)CS)[C@@H](C)O)C(=O)N1CCC[C@H]1C(=O)N[C@@H](CCCCN)C(=O)N[C@H](C(=O)N[C@@H](CS)C(=O)O)[C@@H](C)O. The highest BCUT2D eigenvalue weighted by molar-refractivity contribution is 7.80. The molecule has 1 aromatic carbocycles. The number of hydrogen-bond acceptors (Lipinski definition) is 26. The third kappa shape index (κ3) is 32.6. The van der Waals surface area contributed by atoms with E-state index in [-0.39, 0.29) is 101 Å². The van der Waals surface area contributed by atoms with Crippen LogP contribution in [0, 0.1) is 5.92 Å². The summed E-state index contributed by atoms with van der Waals surface area (Å²) in [6.45, 7) is 5.80. The highest BCUT2D eigenvalue weighted by atomic mass is 32.1. The van der Waals surface area contributed by atoms with Crippen molar-refractivity contribution in [1.82, 2.24) is 68.7 Å². The second kappa shape index (κ2) is 47.2. The molecular formula is C64H104N18O23S2. The van der Waals surface area contributed by atoms with Crippen LogP contribution in [0.4, 0.5) is 0 Å². The molecule has 43 heteroatoms. The number of hydrogen-bond donors (Lipinski definition) is 25. The maximum absolute atomic E-state index is 14.8. The van der Waals surface area contributed by atoms with E-state index in [9.17, 15) is 112 Å². The zero-order valence-electron chi connectivity index (χ0n) is 59.9. The number of primary amides is 2. The molecule has 600 valence electrons. The van der Waals surface area contributed by atoms with E-state index in [1.54, 1.807) is 13.8 Å². The van der Waals surface area contributed by atoms with Crippen molar-refractivity contribution in [1.29, 1.82) is 0 Å². The van der Waals surface area contributed by atoms with Crippen molar-refractivity contribution in [2.45, 2.75) is 215 Å². The van der Waals surface area contributed by atoms with Gasteiger partial charge in [-0.3, -0.25) is 76.7 Å². The van der Waals surface area contributed by atoms with Crippen molar-refractivity contribution >= 4 is 126 Å². The van der Waals surface area contributed by atoms with Crippen LogP contribution in [0.3, 0.4) is 0 Å². The van der Waals surface area contributed by atoms with E-state index < -0.39 is 223 Å². The van der Waals surface area contributed by atoms with Crippen LogP contribution in [-0.4, -0.2) is 271 Å². The molecule has 0 spiro atoms. The van der Waals surface area contributed by atoms with Gasteiger partial charge in [-0.2, -0.15) is 25.3 Å². The maximum atomic E-state index is 14.8. The van der Waals surface area contributed by atoms with Crippen LogP contribution in [0.2, 0.25) is 0 Å². The molecule has 28 N–H and O–H groups in total. The number of aliphatic carboxylic acids is 2. The molecular weight excluding hydrogens is 1450 g/mol. The second-order valence-corrected chi connectivity index (χ2v) is 26.7. The molecule has 15 amide bonds. The molecule has 1 saturated heterocycles. The predicted octanol–water partition coefficient (Wildman–Crippen LogP) is -9.68. The Morgan fingerprint density at radius 3 is 1.36 bits per heavy atom. The summed E-state index contributed by atoms with van der Waals surface area (Å²) < 4.78 is 0. The number of unbranched alkanes of at least 4 members (excludes halogenated alkanes) is 2. The summed E-state index contributed by atoms with van der Waals surface area (Å²) in [6.07, 6.45) is -5.76. The Morgan fingerprint density at radius 2 is 0.907 bits per heavy atom. The summed E-state index contributed by atoms with van der Waals surface area (Å²) in [6, 6.07) is -18.0. The average Bonchev–Trinajstić information content (AvgIpc) is 1.76. The standard InChI is InChI=1S/C64H104N18O23S2/c1-29(2)21-42(63(103)82-20-10-13-45(82)60(100)72-37(12-7-9-19-66)54(94)81-50(32(5)85)62(102)79-44(28-107)64(104)105)77-56(96)38(22-33-14-16-34(86)17-15-33)74-53(93)36(11-6-8-18-65)71-57(97)40(24-47(69)88)75-58(98)41(25-48(89)90)73-51(91)30(3)70-55(95)39(23-46(68)87)76-59(99)43(26-83)78-61(101)49(31(4)84)80-52(92)35(67)27-106/h14-17,29-32,35-45,49-50,83-86,106-107H,6-13,18-28,65-67H2,1-5H3,(H2,68,87)(H2,69,88)(H,70,95)(H,71,97)(H,72,100)(H,73,91)(H,74,93)(H,75,98)(H,76,99)(H,77,96)(H,78,101)(H,79,102)(H,80,92)(H,81,94)(H,89,90)(H,104,105)/t30-,31+,32+,35-,36-,37-,38-,39-,40-,41-,42-,43-,44-,45-,49-,50-/m0/s1. The number of nitrogens with zero attached hydrogens (tertiary/aromatic N) is 1. The molecule has 0 unspecified atom stereocenters. The van der Waals surface area contributed by atoms with E-state index in [1.807, 2.05) is 0 Å². The number of carbonyl (C=O) groups is 17. The molecule has 41 nitrogen and oxygen atoms in total. The molecule has 0 radical (unpaired) electrons. The lowest BCUT2D eigenvalue weighted by Gasteiger charge is -2.32. The van der Waals surface area contributed by atoms with Gasteiger partial charge in [-0.25, -0.2) is 4.79 Å². The first-order valence-electron chi connectivity index (χ1n) is 34.3. The van der Waals surface area contributed by atoms with E-state index in [4.69, 9.17) is 28.7 Å². The minimum absolute atomic E-state index is 0.0184. The second-order valence-electron chi connectivity index (χ2n) is 25.9. The molecule has 0 aromatic heterocycles. The van der Waals surface area contributed by atoms with E-state index in [0.717, 1.165) is 13.8 Å². The number of nitrogens with one attached hydrogen (secondary N) is 12. The quantitative estimate of drug-likeness (QED) is 0.0213. The van der Waals surface area contributed by atoms with Gasteiger partial charge < -0.3 is 128 Å². The number of phenolic OH excluding ortho intramolecular Hbond substituents is 1. The van der Waals surface area contributed by atoms with Crippen LogP contribution in [0.25, 0.3) is 0 Å². The van der Waals surface area contributed by atoms with Crippen molar-refractivity contribution in [3.8, 4) is 5.75 Å². The van der Waals surface area contributed by atoms with Crippen LogP contribution in [0.5, 0.6) is 5.75 Å². The van der Waals surface area contributed by atoms with Gasteiger partial charge in [0.25, 0.3) is 0 Å². The Labute approximate surface area is 626 Å². The lowest BCUT2D eigenvalue weighted by Crippen LogP contribution is -2.62. The highest BCUT2D eigenvalue weighted by Crippen LogP contribution is 2.22. The van der Waals surface area contributed by atoms with Crippen molar-refractivity contribution < 1.29 is 112 Å². The number of nitrogens with two attached hydrogens (primary N) is 5. The summed E-state index contributed by atoms with van der Waals surface area (Å²) in [7, 11) is 0. The summed E-state index contributed by atoms with van der Waals surface area (Å²) in [5.74, 6) is -21.2. The van der Waals surface area contributed by atoms with Gasteiger partial charge in [0.2, 0.25) is 88.6 Å². The van der Waals surface area contributed by atoms with Crippen LogP contribution in [0.1, 0.15) is 117 Å². The fourth-order valence-electron chi connectivity index (χ4n) is 10.6. The van der Waals surface area contributed by atoms with Gasteiger partial charge in [0.15, 0.2) is 0 Å². The number of likely N-dealkylation sites (tertiary alicyclic amines) is 1. The Hall–Kier alpha value is -9.53. The topological polar surface area (TPSA) is 689 Å². The summed E-state index contributed by atoms with van der Waals surface area (Å²) in [5.41, 5.74) is 28.3. The van der Waals surface area contributed by atoms with Gasteiger partial charge in [-0.15, -0.1) is 0 Å². The monoisotopic (exact) mass is 1560 g/mol. The van der Waals surface area contributed by atoms with Gasteiger partial charge in [0.05, 0.1) is 44.1 Å². The lowest BCUT2D eigenvalue weighted by molar-refractivity contribution is -0.143. The van der Waals surface area contributed by atoms with E-state index in [0.29, 0.717) is 12.0 Å². The molecule has 1 aromatic rings. The smallest absolute Gasteiger partial charge is 0.327 e. The van der Waals surface area contributed by atoms with Gasteiger partial charge in [0, 0.05) is 24.5 Å². The number of thiol groups is 2. The number of aromatic hydroxyl groups is 1. The van der Waals surface area contributed by atoms with Gasteiger partial charge in [-0.1, -0.05) is 26.0 Å². The maximum Gasteiger partial charge on any atom is 0.327 e. The fraction of sp³-hybridized carbons (Fsp3) is 0.641. The molecule has 107 heavy (non-hydrogen) atoms. The zero-order chi connectivity index (χ0) is 81.1. The normalized spacial score (nSPS) is 16.8. The van der Waals surface area contributed by atoms with Crippen molar-refractivity contribution in [2.24, 2.45) is 34.6 Å². The zero-order valence-corrected chi connectivity index (χ0v) is 61.7. The highest BCUT2D eigenvalue weighted by Gasteiger charge is 2.42. The number of carboxylic acid groups (broad SMARTS) is 2. The number of amides is 15. The molecule has 1 aliphatic rings. The molecule has 0 saturated carbocycles. The predicted molar refractivity (Wildman–Crippen MR) is 384 cm³/mol. The number of phenols is 1. The first-order valence-corrected chi connectivity index (χ1v) is 35.6. The molecule has 0 bridgehead atoms. The van der Waals surface area contributed by atoms with Crippen molar-refractivity contribution in [3.63, 3.8) is 0 Å². The Morgan fingerprint density at radius 1 is 0.495 bits per heavy atom. The van der Waals surface area contributed by atoms with Crippen LogP contribution in [-0.2, 0) is 87.9 Å². The van der Waals surface area contributed by atoms with E-state index >= 15 is 0 Å². The lowest BCUT2D eigenvalue weighted by atomic mass is 9.99. The minimum Gasteiger partial charge on any atom is -0.508 e. The third-order valence-corrected chi connectivity index (χ3v) is 17.2. The number of benzene rings is 1. The molecule has 1 aliphatic heterocycles. The summed E-state index contributed by atoms with van der Waals surface area (Å²) in [5, 5.41) is 87.7. The van der Waals surface area contributed by atoms with Crippen LogP contribution >= 0.6 is 25.3 Å². The molecule has 1 heterocycles. The van der Waals surface area contributed by atoms with Crippen molar-refractivity contribution in [2.75, 3.05) is 37.7 Å². The largest absolute Gasteiger partial charge is 0.508 e. The number of aliphatic hydroxyl groups excluding tert-OH is 3. The van der Waals surface area contributed by atoms with Gasteiger partial charge in [-0.05, 0) is 115 Å². The van der Waals surface area contributed by atoms with E-state index in [2.05, 4.69) is 89.1 Å². The number of rotatable bonds is 49. The average molecular weight is 1560 g/mol. The molecule has 16 atom stereocenters. The molecule has 2 rings (SSSR count). The van der Waals surface area contributed by atoms with E-state index in [1.165, 1.54) is 36.1 Å². The van der Waals surface area contributed by atoms with Crippen LogP contribution < -0.4 is 92.5 Å². The first kappa shape index (κ1) is 93.6. The van der Waals surface area contributed by atoms with Crippen LogP contribution in [0.15, 0.2) is 24.3 Å². The molecule has 0 aliphatic carbocycles. The summed E-state index contributed by atoms with van der Waals surface area (Å²) in [4.78, 5) is 230. The first-order chi connectivity index (χ1) is 50.2. The van der Waals surface area contributed by atoms with Gasteiger partial charge >= 0.3 is 11.9 Å². The fourth-order valence-corrected chi connectivity index (χ4v) is 11.0. The third-order valence-electron chi connectivity index (χ3n) is 16.4. The Kier molecular flexibility index (Phi) is 41.3. The number of carboxylic acids is 2. The number of aliphatic hydroxyl groups is 3.